The van der Waals surface area contributed by atoms with Gasteiger partial charge in [-0.25, -0.2) is 0 Å². The van der Waals surface area contributed by atoms with Gasteiger partial charge in [0.05, 0.1) is 77.4 Å². The van der Waals surface area contributed by atoms with E-state index in [1.807, 2.05) is 73.7 Å². The Morgan fingerprint density at radius 2 is 0.507 bits per heavy atom. The Labute approximate surface area is 408 Å². The van der Waals surface area contributed by atoms with Crippen molar-refractivity contribution >= 4 is 37.3 Å². The van der Waals surface area contributed by atoms with E-state index in [2.05, 4.69) is 0 Å². The Morgan fingerprint density at radius 1 is 0.304 bits per heavy atom. The molecule has 6 aliphatic heterocycles. The van der Waals surface area contributed by atoms with Crippen LogP contribution in [0.3, 0.4) is 0 Å². The number of ether oxygens (including phenoxy) is 9. The van der Waals surface area contributed by atoms with E-state index in [4.69, 9.17) is 72.6 Å². The highest BCUT2D eigenvalue weighted by Crippen LogP contribution is 2.34. The van der Waals surface area contributed by atoms with Crippen LogP contribution in [0.2, 0.25) is 0 Å². The summed E-state index contributed by atoms with van der Waals surface area (Å²) in [7, 11) is 10.0. The molecule has 3 aromatic rings. The average molecular weight is 949 g/mol. The summed E-state index contributed by atoms with van der Waals surface area (Å²) in [5, 5.41) is 0. The monoisotopic (exact) mass is 949 g/mol. The van der Waals surface area contributed by atoms with Crippen LogP contribution in [0.5, 0.6) is 34.5 Å². The van der Waals surface area contributed by atoms with Gasteiger partial charge >= 0.3 is 0 Å². The number of hydrogen-bond acceptors (Lipinski definition) is 15. The fourth-order valence-electron chi connectivity index (χ4n) is 9.36. The minimum atomic E-state index is -0.0362. The Balaban J connectivity index is 1.33. The van der Waals surface area contributed by atoms with E-state index in [1.165, 1.54) is 0 Å². The highest BCUT2D eigenvalue weighted by Gasteiger charge is 2.27. The van der Waals surface area contributed by atoms with Crippen molar-refractivity contribution in [1.29, 1.82) is 0 Å². The lowest BCUT2D eigenvalue weighted by Gasteiger charge is -2.26. The van der Waals surface area contributed by atoms with E-state index in [9.17, 15) is 0 Å². The number of methoxy groups -OCH3 is 6. The molecule has 6 atom stereocenters. The van der Waals surface area contributed by atoms with Crippen LogP contribution in [-0.4, -0.2) is 156 Å². The molecule has 3 aromatic carbocycles. The third-order valence-electron chi connectivity index (χ3n) is 13.2. The molecule has 6 bridgehead atoms. The Hall–Kier alpha value is -5.64. The molecular weight excluding hydrogens is 877 g/mol. The number of hydrogen-bond donors (Lipinski definition) is 0. The lowest BCUT2D eigenvalue weighted by atomic mass is 9.91. The van der Waals surface area contributed by atoms with Crippen molar-refractivity contribution in [3.63, 3.8) is 0 Å². The van der Waals surface area contributed by atoms with E-state index in [0.717, 1.165) is 110 Å². The summed E-state index contributed by atoms with van der Waals surface area (Å²) >= 11 is 0. The average Bonchev–Trinajstić information content (AvgIpc) is 3.38. The lowest BCUT2D eigenvalue weighted by Crippen LogP contribution is -2.27. The second kappa shape index (κ2) is 26.9. The van der Waals surface area contributed by atoms with Gasteiger partial charge in [0, 0.05) is 92.0 Å². The molecule has 0 unspecified atom stereocenters. The van der Waals surface area contributed by atoms with Gasteiger partial charge in [0.25, 0.3) is 0 Å². The zero-order valence-electron chi connectivity index (χ0n) is 41.5. The van der Waals surface area contributed by atoms with E-state index in [1.54, 1.807) is 42.7 Å². The number of benzene rings is 3. The van der Waals surface area contributed by atoms with Crippen LogP contribution in [0.25, 0.3) is 0 Å². The molecule has 0 radical (unpaired) electrons. The first kappa shape index (κ1) is 51.2. The molecule has 0 spiro atoms. The van der Waals surface area contributed by atoms with Crippen molar-refractivity contribution in [1.82, 2.24) is 0 Å². The Morgan fingerprint density at radius 3 is 0.710 bits per heavy atom. The molecule has 69 heavy (non-hydrogen) atoms. The molecule has 372 valence electrons. The second-order valence-corrected chi connectivity index (χ2v) is 17.8. The maximum atomic E-state index is 6.34. The summed E-state index contributed by atoms with van der Waals surface area (Å²) in [6.45, 7) is 2.42. The summed E-state index contributed by atoms with van der Waals surface area (Å²) in [6, 6.07) is 11.7. The first-order valence-corrected chi connectivity index (χ1v) is 24.7. The van der Waals surface area contributed by atoms with Crippen LogP contribution < -0.4 is 28.4 Å². The lowest BCUT2D eigenvalue weighted by molar-refractivity contribution is 0.146. The first-order chi connectivity index (χ1) is 33.9. The molecule has 12 rings (SSSR count). The van der Waals surface area contributed by atoms with Crippen LogP contribution in [0, 0.1) is 0 Å². The van der Waals surface area contributed by atoms with Crippen LogP contribution in [0.15, 0.2) is 66.4 Å². The highest BCUT2D eigenvalue weighted by molar-refractivity contribution is 5.93. The first-order valence-electron chi connectivity index (χ1n) is 24.7. The van der Waals surface area contributed by atoms with Gasteiger partial charge in [-0.2, -0.15) is 0 Å². The van der Waals surface area contributed by atoms with Crippen molar-refractivity contribution < 1.29 is 42.6 Å². The molecule has 0 N–H and O–H groups in total. The van der Waals surface area contributed by atoms with Crippen molar-refractivity contribution in [2.75, 3.05) is 82.3 Å². The number of rotatable bonds is 15. The largest absolute Gasteiger partial charge is 0.496 e. The van der Waals surface area contributed by atoms with E-state index >= 15 is 0 Å². The van der Waals surface area contributed by atoms with Gasteiger partial charge in [-0.3, -0.25) is 30.0 Å². The van der Waals surface area contributed by atoms with Gasteiger partial charge in [0.1, 0.15) is 54.3 Å². The van der Waals surface area contributed by atoms with E-state index in [0.29, 0.717) is 74.1 Å². The minimum absolute atomic E-state index is 0.0345. The summed E-state index contributed by atoms with van der Waals surface area (Å²) < 4.78 is 53.1. The fraction of sp³-hybridized carbons (Fsp3) is 0.556. The fourth-order valence-corrected chi connectivity index (χ4v) is 9.36. The standard InChI is InChI=1S/C54H72N6O9/c1-61-19-22-67-52-28-37-31-55-44-14-8-11-17-47(44)59-35-41-26-51(66-6)39(30-54(41)69-24-21-63-3)33-57-45-15-9-12-18-48(45)60-36-42-27-50(65-5)38(29-53(42)68-23-20-62-2)32-56-43-13-7-10-16-46(43)58-34-40(52)25-49(37)64-4/h25-36,43-48H,7-24H2,1-6H3/t43-,44-,45+,46-,47-,48-/m1/s1. The van der Waals surface area contributed by atoms with Gasteiger partial charge in [-0.15, -0.1) is 0 Å². The van der Waals surface area contributed by atoms with Gasteiger partial charge in [-0.1, -0.05) is 38.5 Å². The molecule has 3 fully saturated rings. The van der Waals surface area contributed by atoms with Gasteiger partial charge in [0.15, 0.2) is 0 Å². The molecule has 0 amide bonds. The number of nitrogens with zero attached hydrogens (tertiary/aromatic N) is 6. The minimum Gasteiger partial charge on any atom is -0.496 e. The number of aliphatic imine (C=N–C) groups is 6. The maximum Gasteiger partial charge on any atom is 0.129 e. The molecular formula is C54H72N6O9. The predicted molar refractivity (Wildman–Crippen MR) is 275 cm³/mol. The third kappa shape index (κ3) is 14.2. The van der Waals surface area contributed by atoms with Crippen molar-refractivity contribution in [3.8, 4) is 34.5 Å². The second-order valence-electron chi connectivity index (χ2n) is 17.8. The van der Waals surface area contributed by atoms with Crippen molar-refractivity contribution in [2.45, 2.75) is 113 Å². The van der Waals surface area contributed by atoms with E-state index < -0.39 is 0 Å². The quantitative estimate of drug-likeness (QED) is 0.136. The maximum absolute atomic E-state index is 6.34. The van der Waals surface area contributed by atoms with Gasteiger partial charge in [0.2, 0.25) is 0 Å². The zero-order valence-corrected chi connectivity index (χ0v) is 41.5. The van der Waals surface area contributed by atoms with Crippen LogP contribution in [0.1, 0.15) is 110 Å². The van der Waals surface area contributed by atoms with Crippen molar-refractivity contribution in [3.05, 3.63) is 69.8 Å². The molecule has 15 heteroatoms. The Bertz CT molecular complexity index is 2050. The molecule has 3 saturated carbocycles. The topological polar surface area (TPSA) is 157 Å². The molecule has 15 nitrogen and oxygen atoms in total. The third-order valence-corrected chi connectivity index (χ3v) is 13.2. The van der Waals surface area contributed by atoms with Crippen molar-refractivity contribution in [2.24, 2.45) is 30.0 Å². The smallest absolute Gasteiger partial charge is 0.129 e. The van der Waals surface area contributed by atoms with Crippen LogP contribution in [-0.2, 0) is 14.2 Å². The summed E-state index contributed by atoms with van der Waals surface area (Å²) in [6.07, 6.45) is 23.3. The van der Waals surface area contributed by atoms with Crippen LogP contribution >= 0.6 is 0 Å². The Kier molecular flexibility index (Phi) is 20.0. The summed E-state index contributed by atoms with van der Waals surface area (Å²) in [5.74, 6) is 4.02. The summed E-state index contributed by atoms with van der Waals surface area (Å²) in [4.78, 5) is 31.1. The SMILES string of the molecule is COCCOc1cc2c(OC)cc1C=N[C@@H]1CCCC[C@@H]1N=Cc1cc(OCCOC)c(cc1OC)C=N[C@@H]1CCCC[C@H]1N=Cc1cc(OCCOC)c(cc1OC)C=N[C@@H]1CCCC[C@H]1N=C2. The normalized spacial score (nSPS) is 22.7. The predicted octanol–water partition coefficient (Wildman–Crippen LogP) is 8.65. The van der Waals surface area contributed by atoms with E-state index in [-0.39, 0.29) is 36.3 Å². The van der Waals surface area contributed by atoms with Gasteiger partial charge in [-0.05, 0) is 74.9 Å². The molecule has 3 aliphatic carbocycles. The highest BCUT2D eigenvalue weighted by atomic mass is 16.5. The van der Waals surface area contributed by atoms with Gasteiger partial charge < -0.3 is 42.6 Å². The molecule has 6 heterocycles. The molecule has 9 aliphatic rings. The van der Waals surface area contributed by atoms with Crippen LogP contribution in [0.4, 0.5) is 0 Å². The molecule has 0 aromatic heterocycles. The zero-order chi connectivity index (χ0) is 48.2. The molecule has 0 saturated heterocycles. The summed E-state index contributed by atoms with van der Waals surface area (Å²) in [5.41, 5.74) is 4.84.